The third kappa shape index (κ3) is 8.22. The van der Waals surface area contributed by atoms with Crippen LogP contribution in [0.5, 0.6) is 11.5 Å². The first-order valence-electron chi connectivity index (χ1n) is 13.7. The molecule has 0 radical (unpaired) electrons. The minimum Gasteiger partial charge on any atom is -0.495 e. The first-order valence-corrected chi connectivity index (χ1v) is 14.5. The molecule has 3 N–H and O–H groups in total. The Morgan fingerprint density at radius 2 is 1.66 bits per heavy atom. The summed E-state index contributed by atoms with van der Waals surface area (Å²) >= 11 is 12.8. The molecule has 1 aliphatic heterocycles. The van der Waals surface area contributed by atoms with Gasteiger partial charge in [0.25, 0.3) is 0 Å². The van der Waals surface area contributed by atoms with Crippen LogP contribution in [-0.4, -0.2) is 95.3 Å². The molecule has 0 aliphatic carbocycles. The molecule has 0 spiro atoms. The molecule has 1 saturated heterocycles. The van der Waals surface area contributed by atoms with Crippen molar-refractivity contribution in [1.29, 1.82) is 0 Å². The van der Waals surface area contributed by atoms with E-state index in [1.807, 2.05) is 18.2 Å². The summed E-state index contributed by atoms with van der Waals surface area (Å²) in [7, 11) is 5.90. The number of carbonyl (C=O) groups excluding carboxylic acids is 2. The van der Waals surface area contributed by atoms with Crippen LogP contribution in [0.1, 0.15) is 6.92 Å². The third-order valence-electron chi connectivity index (χ3n) is 7.01. The molecule has 12 nitrogen and oxygen atoms in total. The number of hydrogen-bond acceptors (Lipinski definition) is 9. The van der Waals surface area contributed by atoms with Gasteiger partial charge in [-0.3, -0.25) is 14.7 Å². The maximum atomic E-state index is 13.3. The predicted octanol–water partition coefficient (Wildman–Crippen LogP) is 5.42. The van der Waals surface area contributed by atoms with E-state index in [2.05, 4.69) is 56.0 Å². The van der Waals surface area contributed by atoms with Crippen LogP contribution in [0, 0.1) is 0 Å². The van der Waals surface area contributed by atoms with E-state index in [1.54, 1.807) is 0 Å². The number of amidine groups is 1. The summed E-state index contributed by atoms with van der Waals surface area (Å²) in [6.07, 6.45) is 2.73. The average Bonchev–Trinajstić information content (AvgIpc) is 3.05. The summed E-state index contributed by atoms with van der Waals surface area (Å²) in [6.45, 7) is 14.1. The normalized spacial score (nSPS) is 14.0. The van der Waals surface area contributed by atoms with Crippen molar-refractivity contribution in [3.05, 3.63) is 58.9 Å². The monoisotopic (exact) mass is 644 g/mol. The number of amides is 3. The Morgan fingerprint density at radius 3 is 2.18 bits per heavy atom. The molecule has 0 atom stereocenters. The van der Waals surface area contributed by atoms with E-state index in [-0.39, 0.29) is 44.8 Å². The van der Waals surface area contributed by atoms with E-state index < -0.39 is 6.03 Å². The fraction of sp³-hybridized carbons (Fsp3) is 0.333. The van der Waals surface area contributed by atoms with Gasteiger partial charge < -0.3 is 35.2 Å². The van der Waals surface area contributed by atoms with Gasteiger partial charge in [-0.2, -0.15) is 0 Å². The van der Waals surface area contributed by atoms with Crippen LogP contribution in [0.3, 0.4) is 0 Å². The van der Waals surface area contributed by atoms with Gasteiger partial charge >= 0.3 is 6.03 Å². The summed E-state index contributed by atoms with van der Waals surface area (Å²) < 4.78 is 10.6. The number of likely N-dealkylation sites (N-methyl/N-ethyl adjacent to an activating group) is 2. The quantitative estimate of drug-likeness (QED) is 0.169. The Kier molecular flexibility index (Phi) is 12.4. The number of rotatable bonds is 11. The summed E-state index contributed by atoms with van der Waals surface area (Å²) in [5.74, 6) is 0.665. The predicted molar refractivity (Wildman–Crippen MR) is 181 cm³/mol. The van der Waals surface area contributed by atoms with Crippen molar-refractivity contribution < 1.29 is 19.1 Å². The lowest BCUT2D eigenvalue weighted by Crippen LogP contribution is -2.46. The van der Waals surface area contributed by atoms with Gasteiger partial charge in [0.05, 0.1) is 31.3 Å². The van der Waals surface area contributed by atoms with Crippen molar-refractivity contribution in [2.24, 2.45) is 9.98 Å². The van der Waals surface area contributed by atoms with Gasteiger partial charge in [-0.25, -0.2) is 9.79 Å². The second-order valence-corrected chi connectivity index (χ2v) is 10.3. The van der Waals surface area contributed by atoms with Crippen LogP contribution in [0.25, 0.3) is 0 Å². The number of hydrogen-bond donors (Lipinski definition) is 3. The number of urea groups is 1. The number of nitrogens with zero attached hydrogens (tertiary/aromatic N) is 5. The van der Waals surface area contributed by atoms with Crippen LogP contribution in [0.2, 0.25) is 10.0 Å². The molecule has 14 heteroatoms. The molecule has 3 amide bonds. The fourth-order valence-corrected chi connectivity index (χ4v) is 5.03. The molecule has 1 aliphatic rings. The van der Waals surface area contributed by atoms with Crippen molar-refractivity contribution >= 4 is 70.4 Å². The van der Waals surface area contributed by atoms with Crippen molar-refractivity contribution in [3.63, 3.8) is 0 Å². The highest BCUT2D eigenvalue weighted by molar-refractivity contribution is 6.41. The second-order valence-electron chi connectivity index (χ2n) is 9.51. The number of piperazine rings is 1. The molecule has 1 fully saturated rings. The molecule has 3 rings (SSSR count). The zero-order valence-corrected chi connectivity index (χ0v) is 27.1. The maximum Gasteiger partial charge on any atom is 0.327 e. The van der Waals surface area contributed by atoms with Gasteiger partial charge in [0, 0.05) is 58.1 Å². The molecule has 236 valence electrons. The van der Waals surface area contributed by atoms with Crippen LogP contribution in [-0.2, 0) is 4.79 Å². The van der Waals surface area contributed by atoms with Gasteiger partial charge in [-0.05, 0) is 37.5 Å². The van der Waals surface area contributed by atoms with Gasteiger partial charge in [0.15, 0.2) is 0 Å². The Labute approximate surface area is 268 Å². The number of nitrogens with one attached hydrogen (secondary N) is 3. The van der Waals surface area contributed by atoms with E-state index in [1.165, 1.54) is 51.4 Å². The number of benzene rings is 2. The zero-order chi connectivity index (χ0) is 32.4. The zero-order valence-electron chi connectivity index (χ0n) is 25.5. The number of anilines is 4. The Bertz CT molecular complexity index is 1430. The molecule has 0 bridgehead atoms. The Balaban J connectivity index is 1.86. The molecule has 0 saturated carbocycles. The summed E-state index contributed by atoms with van der Waals surface area (Å²) in [5, 5.41) is 8.92. The van der Waals surface area contributed by atoms with Gasteiger partial charge in [-0.15, -0.1) is 0 Å². The highest BCUT2D eigenvalue weighted by atomic mass is 35.5. The number of ether oxygens (including phenoxy) is 2. The highest BCUT2D eigenvalue weighted by Gasteiger charge is 2.22. The van der Waals surface area contributed by atoms with Gasteiger partial charge in [-0.1, -0.05) is 36.7 Å². The fourth-order valence-electron chi connectivity index (χ4n) is 4.43. The molecular weight excluding hydrogens is 607 g/mol. The van der Waals surface area contributed by atoms with Crippen LogP contribution < -0.4 is 30.3 Å². The number of aliphatic imine (C=N–C) groups is 2. The van der Waals surface area contributed by atoms with E-state index in [0.717, 1.165) is 38.4 Å². The first-order chi connectivity index (χ1) is 21.1. The molecule has 2 aromatic rings. The van der Waals surface area contributed by atoms with Crippen molar-refractivity contribution in [1.82, 2.24) is 9.80 Å². The largest absolute Gasteiger partial charge is 0.495 e. The minimum absolute atomic E-state index is 0.102. The molecular formula is C30H38Cl2N8O4. The standard InChI is InChI=1S/C30H38Cl2N8O4/c1-8-26(41)36-21-16-19(40-14-12-39(9-2)13-15-40)10-11-20(21)35-24(33-3)18-25(34-4)38(5)30(42)37-29-27(31)22(43-6)17-23(44-7)28(29)32/h8,10-11,16-18,35H,1,3,9,12-15H2,2,4-7H3,(H,36,41)(H,37,42)/b24-18+,34-25+. The van der Waals surface area contributed by atoms with Crippen molar-refractivity contribution in [2.45, 2.75) is 6.92 Å². The van der Waals surface area contributed by atoms with Crippen LogP contribution in [0.15, 0.2) is 58.8 Å². The summed E-state index contributed by atoms with van der Waals surface area (Å²) in [6, 6.07) is 6.63. The number of halogens is 2. The molecule has 1 heterocycles. The summed E-state index contributed by atoms with van der Waals surface area (Å²) in [5.41, 5.74) is 2.16. The topological polar surface area (TPSA) is 123 Å². The first kappa shape index (κ1) is 34.2. The van der Waals surface area contributed by atoms with Crippen molar-refractivity contribution in [3.8, 4) is 11.5 Å². The Morgan fingerprint density at radius 1 is 1.02 bits per heavy atom. The molecule has 0 aromatic heterocycles. The molecule has 2 aromatic carbocycles. The Hall–Kier alpha value is -4.26. The number of methoxy groups -OCH3 is 2. The van der Waals surface area contributed by atoms with Crippen LogP contribution >= 0.6 is 23.2 Å². The lowest BCUT2D eigenvalue weighted by atomic mass is 10.2. The van der Waals surface area contributed by atoms with Crippen molar-refractivity contribution in [2.75, 3.05) is 81.9 Å². The highest BCUT2D eigenvalue weighted by Crippen LogP contribution is 2.44. The SMILES string of the molecule is C=CC(=O)Nc1cc(N2CCN(CC)CC2)ccc1N/C(=C/C(=N\C)N(C)C(=O)Nc1c(Cl)c(OC)cc(OC)c1Cl)N=C. The van der Waals surface area contributed by atoms with E-state index in [9.17, 15) is 9.59 Å². The smallest absolute Gasteiger partial charge is 0.327 e. The molecule has 44 heavy (non-hydrogen) atoms. The number of carbonyl (C=O) groups is 2. The lowest BCUT2D eigenvalue weighted by Gasteiger charge is -2.35. The maximum absolute atomic E-state index is 13.3. The van der Waals surface area contributed by atoms with E-state index in [0.29, 0.717) is 11.4 Å². The van der Waals surface area contributed by atoms with Crippen LogP contribution in [0.4, 0.5) is 27.5 Å². The third-order valence-corrected chi connectivity index (χ3v) is 7.76. The van der Waals surface area contributed by atoms with Gasteiger partial charge in [0.1, 0.15) is 33.2 Å². The van der Waals surface area contributed by atoms with E-state index >= 15 is 0 Å². The van der Waals surface area contributed by atoms with Gasteiger partial charge in [0.2, 0.25) is 5.91 Å². The molecule has 0 unspecified atom stereocenters. The van der Waals surface area contributed by atoms with E-state index in [4.69, 9.17) is 32.7 Å². The minimum atomic E-state index is -0.601. The lowest BCUT2D eigenvalue weighted by molar-refractivity contribution is -0.111. The average molecular weight is 646 g/mol. The second kappa shape index (κ2) is 16.0. The summed E-state index contributed by atoms with van der Waals surface area (Å²) in [4.78, 5) is 39.8.